The molecule has 78 valence electrons. The van der Waals surface area contributed by atoms with Gasteiger partial charge in [0.05, 0.1) is 13.0 Å². The van der Waals surface area contributed by atoms with Crippen LogP contribution in [0.3, 0.4) is 0 Å². The van der Waals surface area contributed by atoms with Gasteiger partial charge < -0.3 is 15.4 Å². The molecule has 1 rings (SSSR count). The summed E-state index contributed by atoms with van der Waals surface area (Å²) in [5.74, 6) is -0.551. The van der Waals surface area contributed by atoms with Crippen molar-refractivity contribution in [3.63, 3.8) is 0 Å². The molecule has 1 aliphatic rings. The van der Waals surface area contributed by atoms with E-state index in [0.29, 0.717) is 18.8 Å². The van der Waals surface area contributed by atoms with Gasteiger partial charge in [0, 0.05) is 12.2 Å². The predicted molar refractivity (Wildman–Crippen MR) is 50.1 cm³/mol. The molecule has 1 saturated heterocycles. The number of esters is 1. The van der Waals surface area contributed by atoms with Crippen LogP contribution < -0.4 is 5.73 Å². The summed E-state index contributed by atoms with van der Waals surface area (Å²) in [4.78, 5) is 23.6. The number of carbonyl (C=O) groups is 2. The third kappa shape index (κ3) is 2.11. The summed E-state index contributed by atoms with van der Waals surface area (Å²) in [7, 11) is 0. The molecule has 0 spiro atoms. The molecule has 1 amide bonds. The van der Waals surface area contributed by atoms with E-state index in [1.165, 1.54) is 4.90 Å². The van der Waals surface area contributed by atoms with Gasteiger partial charge in [0.1, 0.15) is 6.04 Å². The normalized spacial score (nSPS) is 20.3. The highest BCUT2D eigenvalue weighted by Crippen LogP contribution is 2.17. The third-order valence-electron chi connectivity index (χ3n) is 2.00. The van der Waals surface area contributed by atoms with Gasteiger partial charge in [-0.1, -0.05) is 6.58 Å². The molecule has 1 aliphatic heterocycles. The van der Waals surface area contributed by atoms with Crippen LogP contribution in [0.1, 0.15) is 13.3 Å². The molecule has 1 fully saturated rings. The van der Waals surface area contributed by atoms with Crippen LogP contribution in [0.2, 0.25) is 0 Å². The summed E-state index contributed by atoms with van der Waals surface area (Å²) in [6.07, 6.45) is 0.0479. The van der Waals surface area contributed by atoms with Gasteiger partial charge in [-0.15, -0.1) is 0 Å². The average molecular weight is 198 g/mol. The number of hydrogen-bond acceptors (Lipinski definition) is 4. The molecular weight excluding hydrogens is 184 g/mol. The zero-order valence-electron chi connectivity index (χ0n) is 8.16. The van der Waals surface area contributed by atoms with Gasteiger partial charge in [-0.25, -0.2) is 0 Å². The lowest BCUT2D eigenvalue weighted by atomic mass is 10.1. The Morgan fingerprint density at radius 2 is 2.43 bits per heavy atom. The van der Waals surface area contributed by atoms with Crippen LogP contribution in [0.25, 0.3) is 0 Å². The maximum Gasteiger partial charge on any atom is 0.311 e. The first-order valence-electron chi connectivity index (χ1n) is 4.46. The summed E-state index contributed by atoms with van der Waals surface area (Å²) >= 11 is 0. The first-order chi connectivity index (χ1) is 6.56. The van der Waals surface area contributed by atoms with Crippen molar-refractivity contribution in [3.05, 3.63) is 12.3 Å². The summed E-state index contributed by atoms with van der Waals surface area (Å²) in [6.45, 7) is 6.13. The standard InChI is InChI=1S/C9H14N2O3/c1-3-14-8(12)4-6(2)11-5-7(10)9(11)13/h7H,2-5,10H2,1H3. The minimum atomic E-state index is -0.436. The Hall–Kier alpha value is -1.36. The molecule has 0 bridgehead atoms. The summed E-state index contributed by atoms with van der Waals surface area (Å²) in [5, 5.41) is 0. The average Bonchev–Trinajstić information content (AvgIpc) is 2.13. The number of β-lactam (4-membered cyclic amide) rings is 1. The second kappa shape index (κ2) is 4.23. The molecule has 0 aromatic rings. The van der Waals surface area contributed by atoms with Crippen molar-refractivity contribution in [1.29, 1.82) is 0 Å². The van der Waals surface area contributed by atoms with E-state index in [9.17, 15) is 9.59 Å². The molecule has 14 heavy (non-hydrogen) atoms. The smallest absolute Gasteiger partial charge is 0.311 e. The highest BCUT2D eigenvalue weighted by Gasteiger charge is 2.35. The number of ether oxygens (including phenoxy) is 1. The number of nitrogens with two attached hydrogens (primary N) is 1. The fourth-order valence-corrected chi connectivity index (χ4v) is 1.21. The maximum atomic E-state index is 11.1. The fraction of sp³-hybridized carbons (Fsp3) is 0.556. The quantitative estimate of drug-likeness (QED) is 0.494. The van der Waals surface area contributed by atoms with Crippen LogP contribution in [-0.4, -0.2) is 36.0 Å². The predicted octanol–water partition coefficient (Wildman–Crippen LogP) is -0.377. The number of nitrogens with zero attached hydrogens (tertiary/aromatic N) is 1. The van der Waals surface area contributed by atoms with Gasteiger partial charge in [-0.3, -0.25) is 9.59 Å². The van der Waals surface area contributed by atoms with Crippen LogP contribution in [0, 0.1) is 0 Å². The second-order valence-electron chi connectivity index (χ2n) is 3.10. The van der Waals surface area contributed by atoms with Crippen LogP contribution in [0.4, 0.5) is 0 Å². The lowest BCUT2D eigenvalue weighted by Gasteiger charge is -2.37. The van der Waals surface area contributed by atoms with Gasteiger partial charge in [0.2, 0.25) is 5.91 Å². The van der Waals surface area contributed by atoms with E-state index in [1.807, 2.05) is 0 Å². The minimum absolute atomic E-state index is 0.0479. The van der Waals surface area contributed by atoms with Gasteiger partial charge in [0.25, 0.3) is 0 Å². The van der Waals surface area contributed by atoms with E-state index in [1.54, 1.807) is 6.92 Å². The number of amides is 1. The van der Waals surface area contributed by atoms with Crippen molar-refractivity contribution in [2.24, 2.45) is 5.73 Å². The third-order valence-corrected chi connectivity index (χ3v) is 2.00. The topological polar surface area (TPSA) is 72.6 Å². The van der Waals surface area contributed by atoms with Crippen molar-refractivity contribution in [3.8, 4) is 0 Å². The minimum Gasteiger partial charge on any atom is -0.466 e. The molecule has 1 atom stereocenters. The Morgan fingerprint density at radius 1 is 1.79 bits per heavy atom. The molecule has 1 unspecified atom stereocenters. The van der Waals surface area contributed by atoms with Crippen molar-refractivity contribution < 1.29 is 14.3 Å². The summed E-state index contributed by atoms with van der Waals surface area (Å²) in [5.41, 5.74) is 5.85. The highest BCUT2D eigenvalue weighted by atomic mass is 16.5. The molecule has 0 saturated carbocycles. The molecule has 0 radical (unpaired) electrons. The van der Waals surface area contributed by atoms with E-state index in [4.69, 9.17) is 10.5 Å². The molecule has 0 aromatic carbocycles. The number of likely N-dealkylation sites (tertiary alicyclic amines) is 1. The summed E-state index contributed by atoms with van der Waals surface area (Å²) in [6, 6.07) is -0.436. The van der Waals surface area contributed by atoms with Gasteiger partial charge in [-0.2, -0.15) is 0 Å². The highest BCUT2D eigenvalue weighted by molar-refractivity contribution is 5.90. The molecule has 1 heterocycles. The Kier molecular flexibility index (Phi) is 3.24. The molecule has 5 heteroatoms. The second-order valence-corrected chi connectivity index (χ2v) is 3.10. The van der Waals surface area contributed by atoms with Crippen LogP contribution in [-0.2, 0) is 14.3 Å². The molecule has 0 aromatic heterocycles. The van der Waals surface area contributed by atoms with E-state index in [-0.39, 0.29) is 18.3 Å². The van der Waals surface area contributed by atoms with E-state index in [2.05, 4.69) is 6.58 Å². The zero-order chi connectivity index (χ0) is 10.7. The number of hydrogen-bond donors (Lipinski definition) is 1. The maximum absolute atomic E-state index is 11.1. The Morgan fingerprint density at radius 3 is 2.86 bits per heavy atom. The monoisotopic (exact) mass is 198 g/mol. The van der Waals surface area contributed by atoms with E-state index >= 15 is 0 Å². The van der Waals surface area contributed by atoms with Gasteiger partial charge >= 0.3 is 5.97 Å². The van der Waals surface area contributed by atoms with E-state index < -0.39 is 6.04 Å². The van der Waals surface area contributed by atoms with Gasteiger partial charge in [-0.05, 0) is 6.92 Å². The van der Waals surface area contributed by atoms with E-state index in [0.717, 1.165) is 0 Å². The lowest BCUT2D eigenvalue weighted by molar-refractivity contribution is -0.144. The molecular formula is C9H14N2O3. The first-order valence-corrected chi connectivity index (χ1v) is 4.46. The summed E-state index contributed by atoms with van der Waals surface area (Å²) < 4.78 is 4.72. The molecule has 2 N–H and O–H groups in total. The fourth-order valence-electron chi connectivity index (χ4n) is 1.21. The Bertz CT molecular complexity index is 275. The lowest BCUT2D eigenvalue weighted by Crippen LogP contribution is -2.60. The molecule has 5 nitrogen and oxygen atoms in total. The van der Waals surface area contributed by atoms with Crippen LogP contribution in [0.5, 0.6) is 0 Å². The van der Waals surface area contributed by atoms with Crippen LogP contribution >= 0.6 is 0 Å². The number of rotatable bonds is 4. The molecule has 0 aliphatic carbocycles. The van der Waals surface area contributed by atoms with Crippen molar-refractivity contribution in [2.45, 2.75) is 19.4 Å². The number of carbonyl (C=O) groups excluding carboxylic acids is 2. The largest absolute Gasteiger partial charge is 0.466 e. The van der Waals surface area contributed by atoms with Crippen LogP contribution in [0.15, 0.2) is 12.3 Å². The Balaban J connectivity index is 2.36. The SMILES string of the molecule is C=C(CC(=O)OCC)N1CC(N)C1=O. The zero-order valence-corrected chi connectivity index (χ0v) is 8.16. The van der Waals surface area contributed by atoms with Crippen molar-refractivity contribution in [1.82, 2.24) is 4.90 Å². The van der Waals surface area contributed by atoms with Crippen molar-refractivity contribution in [2.75, 3.05) is 13.2 Å². The Labute approximate surface area is 82.5 Å². The first kappa shape index (κ1) is 10.7. The van der Waals surface area contributed by atoms with Gasteiger partial charge in [0.15, 0.2) is 0 Å². The van der Waals surface area contributed by atoms with Crippen molar-refractivity contribution >= 4 is 11.9 Å².